The number of para-hydroxylation sites is 1. The lowest BCUT2D eigenvalue weighted by atomic mass is 10.0. The number of fused-ring (bicyclic) bond motifs is 1. The molecule has 1 aliphatic heterocycles. The van der Waals surface area contributed by atoms with Crippen LogP contribution in [0.5, 0.6) is 5.75 Å². The quantitative estimate of drug-likeness (QED) is 0.587. The number of benzene rings is 2. The molecule has 20 heavy (non-hydrogen) atoms. The van der Waals surface area contributed by atoms with Crippen molar-refractivity contribution < 1.29 is 13.9 Å². The predicted molar refractivity (Wildman–Crippen MR) is 77.0 cm³/mol. The fourth-order valence-corrected chi connectivity index (χ4v) is 2.32. The smallest absolute Gasteiger partial charge is 0.358 e. The maximum atomic E-state index is 13.2. The van der Waals surface area contributed by atoms with Gasteiger partial charge in [0.15, 0.2) is 0 Å². The van der Waals surface area contributed by atoms with E-state index in [1.54, 1.807) is 6.07 Å². The van der Waals surface area contributed by atoms with Crippen molar-refractivity contribution in [1.82, 2.24) is 0 Å². The van der Waals surface area contributed by atoms with E-state index in [1.807, 2.05) is 18.2 Å². The molecule has 0 amide bonds. The molecule has 0 aromatic heterocycles. The van der Waals surface area contributed by atoms with E-state index >= 15 is 0 Å². The van der Waals surface area contributed by atoms with Crippen molar-refractivity contribution in [2.24, 2.45) is 4.99 Å². The molecule has 1 heterocycles. The number of hydrogen-bond acceptors (Lipinski definition) is 3. The zero-order chi connectivity index (χ0) is 14.1. The lowest BCUT2D eigenvalue weighted by Crippen LogP contribution is -2.27. The summed E-state index contributed by atoms with van der Waals surface area (Å²) < 4.78 is 18.7. The topological polar surface area (TPSA) is 38.7 Å². The van der Waals surface area contributed by atoms with Crippen LogP contribution in [0.25, 0.3) is 0 Å². The van der Waals surface area contributed by atoms with Crippen molar-refractivity contribution in [3.8, 4) is 5.75 Å². The van der Waals surface area contributed by atoms with Gasteiger partial charge in [0, 0.05) is 12.0 Å². The Morgan fingerprint density at radius 2 is 2.00 bits per heavy atom. The van der Waals surface area contributed by atoms with Crippen LogP contribution in [0.4, 0.5) is 10.1 Å². The van der Waals surface area contributed by atoms with Gasteiger partial charge in [-0.1, -0.05) is 18.2 Å². The molecule has 0 fully saturated rings. The molecule has 0 radical (unpaired) electrons. The zero-order valence-corrected chi connectivity index (χ0v) is 11.9. The summed E-state index contributed by atoms with van der Waals surface area (Å²) in [6, 6.07) is 11.7. The first-order valence-electron chi connectivity index (χ1n) is 5.96. The minimum atomic E-state index is -0.468. The van der Waals surface area contributed by atoms with Gasteiger partial charge in [0.1, 0.15) is 17.3 Å². The average Bonchev–Trinajstić information content (AvgIpc) is 2.44. The number of halogens is 2. The van der Waals surface area contributed by atoms with Crippen LogP contribution in [0, 0.1) is 5.82 Å². The standard InChI is InChI=1S/C15H9BrFNO2/c16-11-8-10(5-6-12(11)17)18-13-7-9-3-1-2-4-14(9)20-15(13)19/h1-6,8H,7H2. The molecule has 0 unspecified atom stereocenters. The Labute approximate surface area is 123 Å². The number of esters is 1. The van der Waals surface area contributed by atoms with Crippen LogP contribution in [0.15, 0.2) is 51.9 Å². The van der Waals surface area contributed by atoms with Crippen molar-refractivity contribution >= 4 is 33.3 Å². The number of carbonyl (C=O) groups excluding carboxylic acids is 1. The van der Waals surface area contributed by atoms with Crippen LogP contribution in [0.2, 0.25) is 0 Å². The maximum absolute atomic E-state index is 13.2. The van der Waals surface area contributed by atoms with Crippen molar-refractivity contribution in [2.75, 3.05) is 0 Å². The second-order valence-corrected chi connectivity index (χ2v) is 5.19. The highest BCUT2D eigenvalue weighted by Crippen LogP contribution is 2.26. The van der Waals surface area contributed by atoms with Gasteiger partial charge in [0.2, 0.25) is 0 Å². The highest BCUT2D eigenvalue weighted by molar-refractivity contribution is 9.10. The zero-order valence-electron chi connectivity index (χ0n) is 10.3. The summed E-state index contributed by atoms with van der Waals surface area (Å²) in [6.45, 7) is 0. The van der Waals surface area contributed by atoms with Crippen LogP contribution in [-0.2, 0) is 11.2 Å². The van der Waals surface area contributed by atoms with Crippen molar-refractivity contribution in [2.45, 2.75) is 6.42 Å². The van der Waals surface area contributed by atoms with Gasteiger partial charge in [-0.05, 0) is 40.2 Å². The maximum Gasteiger partial charge on any atom is 0.358 e. The molecule has 3 rings (SSSR count). The van der Waals surface area contributed by atoms with Crippen molar-refractivity contribution in [1.29, 1.82) is 0 Å². The monoisotopic (exact) mass is 333 g/mol. The van der Waals surface area contributed by atoms with E-state index < -0.39 is 5.97 Å². The third-order valence-electron chi connectivity index (χ3n) is 2.94. The average molecular weight is 334 g/mol. The molecule has 1 aliphatic rings. The predicted octanol–water partition coefficient (Wildman–Crippen LogP) is 3.82. The Bertz CT molecular complexity index is 728. The van der Waals surface area contributed by atoms with Crippen LogP contribution in [0.1, 0.15) is 5.56 Å². The molecule has 2 aromatic carbocycles. The number of hydrogen-bond donors (Lipinski definition) is 0. The second-order valence-electron chi connectivity index (χ2n) is 4.33. The third-order valence-corrected chi connectivity index (χ3v) is 3.54. The summed E-state index contributed by atoms with van der Waals surface area (Å²) in [5, 5.41) is 0. The highest BCUT2D eigenvalue weighted by Gasteiger charge is 2.23. The summed E-state index contributed by atoms with van der Waals surface area (Å²) >= 11 is 3.09. The highest BCUT2D eigenvalue weighted by atomic mass is 79.9. The molecule has 5 heteroatoms. The molecule has 3 nitrogen and oxygen atoms in total. The van der Waals surface area contributed by atoms with Crippen LogP contribution in [0.3, 0.4) is 0 Å². The minimum absolute atomic E-state index is 0.308. The van der Waals surface area contributed by atoms with E-state index in [2.05, 4.69) is 20.9 Å². The first-order valence-corrected chi connectivity index (χ1v) is 6.75. The van der Waals surface area contributed by atoms with Crippen LogP contribution >= 0.6 is 15.9 Å². The largest absolute Gasteiger partial charge is 0.422 e. The molecule has 100 valence electrons. The van der Waals surface area contributed by atoms with Gasteiger partial charge in [-0.3, -0.25) is 0 Å². The molecule has 0 N–H and O–H groups in total. The number of ether oxygens (including phenoxy) is 1. The summed E-state index contributed by atoms with van der Waals surface area (Å²) in [5.41, 5.74) is 1.72. The molecule has 0 saturated heterocycles. The number of rotatable bonds is 1. The SMILES string of the molecule is O=C1Oc2ccccc2CC1=Nc1ccc(F)c(Br)c1. The first-order chi connectivity index (χ1) is 9.63. The number of nitrogens with zero attached hydrogens (tertiary/aromatic N) is 1. The molecule has 0 bridgehead atoms. The van der Waals surface area contributed by atoms with Crippen molar-refractivity contribution in [3.05, 3.63) is 58.3 Å². The van der Waals surface area contributed by atoms with E-state index in [-0.39, 0.29) is 5.82 Å². The fourth-order valence-electron chi connectivity index (χ4n) is 1.96. The van der Waals surface area contributed by atoms with Gasteiger partial charge in [-0.25, -0.2) is 14.2 Å². The minimum Gasteiger partial charge on any atom is -0.422 e. The Morgan fingerprint density at radius 3 is 2.80 bits per heavy atom. The molecule has 0 aliphatic carbocycles. The Hall–Kier alpha value is -2.01. The Balaban J connectivity index is 1.96. The second kappa shape index (κ2) is 5.17. The van der Waals surface area contributed by atoms with Gasteiger partial charge in [0.25, 0.3) is 0 Å². The van der Waals surface area contributed by atoms with Crippen LogP contribution < -0.4 is 4.74 Å². The molecular weight excluding hydrogens is 325 g/mol. The number of carbonyl (C=O) groups is 1. The number of aliphatic imine (C=N–C) groups is 1. The molecule has 2 aromatic rings. The van der Waals surface area contributed by atoms with Gasteiger partial charge in [-0.2, -0.15) is 0 Å². The normalized spacial score (nSPS) is 15.9. The molecular formula is C15H9BrFNO2. The van der Waals surface area contributed by atoms with E-state index in [9.17, 15) is 9.18 Å². The Morgan fingerprint density at radius 1 is 1.20 bits per heavy atom. The summed E-state index contributed by atoms with van der Waals surface area (Å²) in [4.78, 5) is 16.1. The lowest BCUT2D eigenvalue weighted by molar-refractivity contribution is -0.127. The molecule has 0 spiro atoms. The van der Waals surface area contributed by atoms with E-state index in [1.165, 1.54) is 18.2 Å². The van der Waals surface area contributed by atoms with E-state index in [0.29, 0.717) is 28.0 Å². The molecule has 0 saturated carbocycles. The fraction of sp³-hybridized carbons (Fsp3) is 0.0667. The lowest BCUT2D eigenvalue weighted by Gasteiger charge is -2.16. The summed E-state index contributed by atoms with van der Waals surface area (Å²) in [7, 11) is 0. The van der Waals surface area contributed by atoms with Crippen molar-refractivity contribution in [3.63, 3.8) is 0 Å². The van der Waals surface area contributed by atoms with E-state index in [0.717, 1.165) is 5.56 Å². The van der Waals surface area contributed by atoms with Gasteiger partial charge < -0.3 is 4.74 Å². The van der Waals surface area contributed by atoms with Gasteiger partial charge in [-0.15, -0.1) is 0 Å². The molecule has 0 atom stereocenters. The van der Waals surface area contributed by atoms with Gasteiger partial charge >= 0.3 is 5.97 Å². The first kappa shape index (κ1) is 13.0. The van der Waals surface area contributed by atoms with Crippen LogP contribution in [-0.4, -0.2) is 11.7 Å². The summed E-state index contributed by atoms with van der Waals surface area (Å²) in [6.07, 6.45) is 0.407. The summed E-state index contributed by atoms with van der Waals surface area (Å²) in [5.74, 6) is -0.272. The Kier molecular flexibility index (Phi) is 3.36. The van der Waals surface area contributed by atoms with Gasteiger partial charge in [0.05, 0.1) is 10.2 Å². The third kappa shape index (κ3) is 2.49. The van der Waals surface area contributed by atoms with E-state index in [4.69, 9.17) is 4.74 Å².